The van der Waals surface area contributed by atoms with Crippen molar-refractivity contribution in [2.24, 2.45) is 5.84 Å². The van der Waals surface area contributed by atoms with Crippen LogP contribution in [0.25, 0.3) is 0 Å². The summed E-state index contributed by atoms with van der Waals surface area (Å²) in [6.07, 6.45) is -3.86. The molecule has 0 saturated carbocycles. The highest BCUT2D eigenvalue weighted by molar-refractivity contribution is 5.50. The second-order valence-electron chi connectivity index (χ2n) is 4.80. The molecule has 5 nitrogen and oxygen atoms in total. The molecule has 3 N–H and O–H groups in total. The molecule has 108 valence electrons. The van der Waals surface area contributed by atoms with Gasteiger partial charge in [-0.1, -0.05) is 6.92 Å². The molecule has 0 aliphatic rings. The minimum absolute atomic E-state index is 0.0731. The molecule has 0 spiro atoms. The minimum atomic E-state index is -4.61. The number of rotatable bonds is 4. The summed E-state index contributed by atoms with van der Waals surface area (Å²) in [5.74, 6) is 4.03. The van der Waals surface area contributed by atoms with E-state index >= 15 is 0 Å². The summed E-state index contributed by atoms with van der Waals surface area (Å²) < 4.78 is 38.1. The van der Waals surface area contributed by atoms with E-state index < -0.39 is 12.0 Å². The number of halogens is 3. The normalized spacial score (nSPS) is 12.4. The van der Waals surface area contributed by atoms with Gasteiger partial charge in [-0.05, 0) is 20.3 Å². The minimum Gasteiger partial charge on any atom is -0.354 e. The standard InChI is InChI=1S/C11H18F3N5/c1-5-10(2,3)19(4)8-6-7(18-15)16-9(17-8)11(12,13)14/h6H,5,15H2,1-4H3,(H,16,17,18). The van der Waals surface area contributed by atoms with Crippen molar-refractivity contribution in [3.8, 4) is 0 Å². The van der Waals surface area contributed by atoms with Gasteiger partial charge in [-0.2, -0.15) is 13.2 Å². The van der Waals surface area contributed by atoms with Crippen LogP contribution in [0.1, 0.15) is 33.0 Å². The second-order valence-corrected chi connectivity index (χ2v) is 4.80. The first-order valence-corrected chi connectivity index (χ1v) is 5.78. The van der Waals surface area contributed by atoms with Crippen molar-refractivity contribution < 1.29 is 13.2 Å². The Bertz CT molecular complexity index is 444. The first-order valence-electron chi connectivity index (χ1n) is 5.78. The summed E-state index contributed by atoms with van der Waals surface area (Å²) in [6.45, 7) is 5.78. The van der Waals surface area contributed by atoms with Crippen LogP contribution in [0, 0.1) is 0 Å². The van der Waals surface area contributed by atoms with Gasteiger partial charge in [0.1, 0.15) is 11.6 Å². The third-order valence-corrected chi connectivity index (χ3v) is 3.23. The third-order valence-electron chi connectivity index (χ3n) is 3.23. The molecule has 0 aromatic carbocycles. The lowest BCUT2D eigenvalue weighted by Gasteiger charge is -2.36. The molecule has 0 unspecified atom stereocenters. The molecule has 1 heterocycles. The van der Waals surface area contributed by atoms with Crippen LogP contribution in [-0.4, -0.2) is 22.6 Å². The number of hydrogen-bond donors (Lipinski definition) is 2. The van der Waals surface area contributed by atoms with Crippen molar-refractivity contribution >= 4 is 11.6 Å². The average molecular weight is 277 g/mol. The Kier molecular flexibility index (Phi) is 4.24. The average Bonchev–Trinajstić information content (AvgIpc) is 2.36. The molecular formula is C11H18F3N5. The zero-order valence-corrected chi connectivity index (χ0v) is 11.3. The molecule has 19 heavy (non-hydrogen) atoms. The number of nitrogen functional groups attached to an aromatic ring is 1. The fourth-order valence-electron chi connectivity index (χ4n) is 1.35. The van der Waals surface area contributed by atoms with Crippen molar-refractivity contribution in [3.05, 3.63) is 11.9 Å². The maximum Gasteiger partial charge on any atom is 0.451 e. The topological polar surface area (TPSA) is 67.1 Å². The lowest BCUT2D eigenvalue weighted by atomic mass is 10.00. The number of nitrogens with two attached hydrogens (primary N) is 1. The molecule has 1 rings (SSSR count). The van der Waals surface area contributed by atoms with E-state index in [1.807, 2.05) is 20.8 Å². The third kappa shape index (κ3) is 3.46. The van der Waals surface area contributed by atoms with Gasteiger partial charge in [0, 0.05) is 18.7 Å². The Morgan fingerprint density at radius 2 is 1.89 bits per heavy atom. The van der Waals surface area contributed by atoms with Gasteiger partial charge in [0.2, 0.25) is 5.82 Å². The summed E-state index contributed by atoms with van der Waals surface area (Å²) in [7, 11) is 1.69. The first-order chi connectivity index (χ1) is 8.61. The Hall–Kier alpha value is -1.57. The Morgan fingerprint density at radius 3 is 2.32 bits per heavy atom. The van der Waals surface area contributed by atoms with Crippen LogP contribution in [-0.2, 0) is 6.18 Å². The van der Waals surface area contributed by atoms with Gasteiger partial charge in [-0.25, -0.2) is 15.8 Å². The Labute approximate surface area is 110 Å². The number of nitrogens with zero attached hydrogens (tertiary/aromatic N) is 3. The zero-order chi connectivity index (χ0) is 14.8. The predicted octanol–water partition coefficient (Wildman–Crippen LogP) is 2.41. The van der Waals surface area contributed by atoms with Crippen LogP contribution in [0.4, 0.5) is 24.8 Å². The molecule has 0 saturated heterocycles. The van der Waals surface area contributed by atoms with Gasteiger partial charge in [-0.3, -0.25) is 0 Å². The predicted molar refractivity (Wildman–Crippen MR) is 67.6 cm³/mol. The lowest BCUT2D eigenvalue weighted by Crippen LogP contribution is -2.41. The Morgan fingerprint density at radius 1 is 1.32 bits per heavy atom. The van der Waals surface area contributed by atoms with Gasteiger partial charge < -0.3 is 10.3 Å². The quantitative estimate of drug-likeness (QED) is 0.653. The van der Waals surface area contributed by atoms with Crippen LogP contribution >= 0.6 is 0 Å². The molecule has 0 radical (unpaired) electrons. The molecule has 0 atom stereocenters. The molecule has 0 amide bonds. The number of nitrogens with one attached hydrogen (secondary N) is 1. The van der Waals surface area contributed by atoms with Crippen molar-refractivity contribution in [1.29, 1.82) is 0 Å². The first kappa shape index (κ1) is 15.5. The molecule has 0 fully saturated rings. The van der Waals surface area contributed by atoms with Crippen molar-refractivity contribution in [2.75, 3.05) is 17.4 Å². The highest BCUT2D eigenvalue weighted by Crippen LogP contribution is 2.31. The van der Waals surface area contributed by atoms with Crippen molar-refractivity contribution in [1.82, 2.24) is 9.97 Å². The van der Waals surface area contributed by atoms with E-state index in [0.29, 0.717) is 0 Å². The van der Waals surface area contributed by atoms with Crippen LogP contribution in [0.2, 0.25) is 0 Å². The Balaban J connectivity index is 3.28. The number of aromatic nitrogens is 2. The van der Waals surface area contributed by atoms with E-state index in [1.165, 1.54) is 6.07 Å². The number of alkyl halides is 3. The molecule has 8 heteroatoms. The molecule has 0 aliphatic heterocycles. The van der Waals surface area contributed by atoms with Crippen LogP contribution in [0.5, 0.6) is 0 Å². The van der Waals surface area contributed by atoms with E-state index in [1.54, 1.807) is 11.9 Å². The van der Waals surface area contributed by atoms with E-state index in [0.717, 1.165) is 6.42 Å². The zero-order valence-electron chi connectivity index (χ0n) is 11.3. The molecule has 1 aromatic heterocycles. The number of hydrazine groups is 1. The molecule has 0 bridgehead atoms. The fraction of sp³-hybridized carbons (Fsp3) is 0.636. The summed E-state index contributed by atoms with van der Waals surface area (Å²) >= 11 is 0. The lowest BCUT2D eigenvalue weighted by molar-refractivity contribution is -0.144. The van der Waals surface area contributed by atoms with Gasteiger partial charge in [-0.15, -0.1) is 0 Å². The highest BCUT2D eigenvalue weighted by Gasteiger charge is 2.36. The number of hydrogen-bond acceptors (Lipinski definition) is 5. The van der Waals surface area contributed by atoms with Crippen LogP contribution < -0.4 is 16.2 Å². The van der Waals surface area contributed by atoms with Crippen LogP contribution in [0.15, 0.2) is 6.07 Å². The van der Waals surface area contributed by atoms with Gasteiger partial charge in [0.15, 0.2) is 0 Å². The SMILES string of the molecule is CCC(C)(C)N(C)c1cc(NN)nc(C(F)(F)F)n1. The van der Waals surface area contributed by atoms with Crippen LogP contribution in [0.3, 0.4) is 0 Å². The molecular weight excluding hydrogens is 259 g/mol. The largest absolute Gasteiger partial charge is 0.451 e. The maximum atomic E-state index is 12.7. The van der Waals surface area contributed by atoms with Gasteiger partial charge in [0.05, 0.1) is 0 Å². The van der Waals surface area contributed by atoms with E-state index in [-0.39, 0.29) is 17.2 Å². The fourth-order valence-corrected chi connectivity index (χ4v) is 1.35. The smallest absolute Gasteiger partial charge is 0.354 e. The second kappa shape index (κ2) is 5.20. The monoisotopic (exact) mass is 277 g/mol. The summed E-state index contributed by atoms with van der Waals surface area (Å²) in [6, 6.07) is 1.38. The van der Waals surface area contributed by atoms with Crippen molar-refractivity contribution in [2.45, 2.75) is 38.9 Å². The summed E-state index contributed by atoms with van der Waals surface area (Å²) in [5.41, 5.74) is 1.80. The maximum absolute atomic E-state index is 12.7. The van der Waals surface area contributed by atoms with Gasteiger partial charge in [0.25, 0.3) is 0 Å². The molecule has 1 aromatic rings. The van der Waals surface area contributed by atoms with Gasteiger partial charge >= 0.3 is 6.18 Å². The van der Waals surface area contributed by atoms with E-state index in [4.69, 9.17) is 5.84 Å². The van der Waals surface area contributed by atoms with E-state index in [2.05, 4.69) is 15.4 Å². The van der Waals surface area contributed by atoms with Crippen molar-refractivity contribution in [3.63, 3.8) is 0 Å². The molecule has 0 aliphatic carbocycles. The summed E-state index contributed by atoms with van der Waals surface area (Å²) in [4.78, 5) is 8.55. The highest BCUT2D eigenvalue weighted by atomic mass is 19.4. The summed E-state index contributed by atoms with van der Waals surface area (Å²) in [5, 5.41) is 0. The van der Waals surface area contributed by atoms with E-state index in [9.17, 15) is 13.2 Å². The number of anilines is 2.